The Balaban J connectivity index is 2.92. The van der Waals surface area contributed by atoms with Crippen LogP contribution >= 0.6 is 0 Å². The first-order valence-corrected chi connectivity index (χ1v) is 5.16. The summed E-state index contributed by atoms with van der Waals surface area (Å²) in [7, 11) is 0. The molecule has 17 heavy (non-hydrogen) atoms. The molecule has 0 aliphatic carbocycles. The number of nitrogens with two attached hydrogens (primary N) is 1. The van der Waals surface area contributed by atoms with Crippen molar-refractivity contribution in [1.82, 2.24) is 9.88 Å². The Hall–Kier alpha value is -1.70. The van der Waals surface area contributed by atoms with Gasteiger partial charge in [0.15, 0.2) is 0 Å². The molecule has 0 radical (unpaired) electrons. The Morgan fingerprint density at radius 3 is 2.59 bits per heavy atom. The number of hydrogen-bond donors (Lipinski definition) is 4. The van der Waals surface area contributed by atoms with Crippen molar-refractivity contribution in [3.63, 3.8) is 0 Å². The van der Waals surface area contributed by atoms with E-state index < -0.39 is 0 Å². The number of hydrogen-bond acceptors (Lipinski definition) is 6. The summed E-state index contributed by atoms with van der Waals surface area (Å²) in [5.74, 6) is 4.95. The summed E-state index contributed by atoms with van der Waals surface area (Å²) in [5.41, 5.74) is 3.16. The van der Waals surface area contributed by atoms with Gasteiger partial charge < -0.3 is 20.5 Å². The monoisotopic (exact) mass is 240 g/mol. The fraction of sp³-hybridized carbons (Fsp3) is 0.400. The maximum atomic E-state index is 12.1. The molecule has 94 valence electrons. The van der Waals surface area contributed by atoms with Crippen molar-refractivity contribution in [3.05, 3.63) is 24.0 Å². The predicted molar refractivity (Wildman–Crippen MR) is 62.1 cm³/mol. The molecule has 0 atom stereocenters. The molecule has 0 spiro atoms. The van der Waals surface area contributed by atoms with Crippen LogP contribution in [0.4, 0.5) is 5.69 Å². The lowest BCUT2D eigenvalue weighted by molar-refractivity contribution is 0.0685. The number of pyridine rings is 1. The highest BCUT2D eigenvalue weighted by molar-refractivity contribution is 5.99. The average Bonchev–Trinajstić information content (AvgIpc) is 2.37. The molecule has 7 nitrogen and oxygen atoms in total. The molecule has 1 amide bonds. The summed E-state index contributed by atoms with van der Waals surface area (Å²) in [6.07, 6.45) is 2.90. The van der Waals surface area contributed by atoms with Gasteiger partial charge in [0.05, 0.1) is 24.5 Å². The van der Waals surface area contributed by atoms with Crippen LogP contribution in [-0.2, 0) is 0 Å². The zero-order chi connectivity index (χ0) is 12.7. The minimum absolute atomic E-state index is 0.151. The number of hydrazine groups is 1. The van der Waals surface area contributed by atoms with E-state index in [4.69, 9.17) is 16.1 Å². The quantitative estimate of drug-likeness (QED) is 0.367. The molecular weight excluding hydrogens is 224 g/mol. The van der Waals surface area contributed by atoms with Crippen LogP contribution in [0.15, 0.2) is 18.5 Å². The van der Waals surface area contributed by atoms with E-state index in [0.29, 0.717) is 11.3 Å². The van der Waals surface area contributed by atoms with Gasteiger partial charge in [-0.15, -0.1) is 0 Å². The Bertz CT molecular complexity index is 366. The molecule has 0 saturated carbocycles. The van der Waals surface area contributed by atoms with Crippen LogP contribution in [0.2, 0.25) is 0 Å². The van der Waals surface area contributed by atoms with E-state index in [1.807, 2.05) is 0 Å². The second kappa shape index (κ2) is 6.79. The lowest BCUT2D eigenvalue weighted by Crippen LogP contribution is -2.36. The average molecular weight is 240 g/mol. The van der Waals surface area contributed by atoms with Gasteiger partial charge in [0.2, 0.25) is 0 Å². The molecule has 0 saturated heterocycles. The van der Waals surface area contributed by atoms with E-state index in [-0.39, 0.29) is 32.2 Å². The number of nitrogens with one attached hydrogen (secondary N) is 1. The minimum Gasteiger partial charge on any atom is -0.395 e. The second-order valence-corrected chi connectivity index (χ2v) is 3.31. The SMILES string of the molecule is NNc1ccncc1C(=O)N(CCO)CCO. The molecule has 0 aliphatic heterocycles. The fourth-order valence-electron chi connectivity index (χ4n) is 1.42. The molecule has 1 aromatic rings. The Morgan fingerprint density at radius 2 is 2.06 bits per heavy atom. The molecule has 1 rings (SSSR count). The molecule has 1 heterocycles. The third-order valence-corrected chi connectivity index (χ3v) is 2.23. The van der Waals surface area contributed by atoms with E-state index in [1.165, 1.54) is 17.3 Å². The Kier molecular flexibility index (Phi) is 5.34. The molecule has 0 aliphatic rings. The third kappa shape index (κ3) is 3.38. The topological polar surface area (TPSA) is 112 Å². The maximum absolute atomic E-state index is 12.1. The zero-order valence-electron chi connectivity index (χ0n) is 9.33. The van der Waals surface area contributed by atoms with Crippen LogP contribution in [0, 0.1) is 0 Å². The highest BCUT2D eigenvalue weighted by Gasteiger charge is 2.17. The predicted octanol–water partition coefficient (Wildman–Crippen LogP) is -1.21. The fourth-order valence-corrected chi connectivity index (χ4v) is 1.42. The number of carbonyl (C=O) groups is 1. The highest BCUT2D eigenvalue weighted by atomic mass is 16.3. The van der Waals surface area contributed by atoms with E-state index in [1.54, 1.807) is 6.07 Å². The van der Waals surface area contributed by atoms with Crippen molar-refractivity contribution in [2.24, 2.45) is 5.84 Å². The molecule has 0 aromatic carbocycles. The first-order chi connectivity index (χ1) is 8.24. The summed E-state index contributed by atoms with van der Waals surface area (Å²) in [6.45, 7) is -0.0363. The van der Waals surface area contributed by atoms with Crippen LogP contribution in [0.1, 0.15) is 10.4 Å². The van der Waals surface area contributed by atoms with Crippen LogP contribution in [0.3, 0.4) is 0 Å². The second-order valence-electron chi connectivity index (χ2n) is 3.31. The van der Waals surface area contributed by atoms with Crippen molar-refractivity contribution in [2.75, 3.05) is 31.7 Å². The normalized spacial score (nSPS) is 10.1. The first kappa shape index (κ1) is 13.4. The Morgan fingerprint density at radius 1 is 1.41 bits per heavy atom. The minimum atomic E-state index is -0.339. The summed E-state index contributed by atoms with van der Waals surface area (Å²) >= 11 is 0. The van der Waals surface area contributed by atoms with Crippen molar-refractivity contribution in [3.8, 4) is 0 Å². The van der Waals surface area contributed by atoms with E-state index >= 15 is 0 Å². The number of anilines is 1. The number of aromatic nitrogens is 1. The van der Waals surface area contributed by atoms with Gasteiger partial charge in [0.1, 0.15) is 0 Å². The lowest BCUT2D eigenvalue weighted by atomic mass is 10.2. The van der Waals surface area contributed by atoms with Crippen molar-refractivity contribution >= 4 is 11.6 Å². The number of rotatable bonds is 6. The van der Waals surface area contributed by atoms with Gasteiger partial charge in [-0.3, -0.25) is 15.6 Å². The highest BCUT2D eigenvalue weighted by Crippen LogP contribution is 2.14. The van der Waals surface area contributed by atoms with Crippen LogP contribution < -0.4 is 11.3 Å². The molecule has 7 heteroatoms. The Labute approximate surface area is 98.8 Å². The van der Waals surface area contributed by atoms with Gasteiger partial charge in [-0.05, 0) is 6.07 Å². The molecule has 0 fully saturated rings. The van der Waals surface area contributed by atoms with Crippen molar-refractivity contribution in [2.45, 2.75) is 0 Å². The van der Waals surface area contributed by atoms with Gasteiger partial charge in [-0.25, -0.2) is 0 Å². The van der Waals surface area contributed by atoms with Gasteiger partial charge in [0.25, 0.3) is 5.91 Å². The first-order valence-electron chi connectivity index (χ1n) is 5.16. The number of aliphatic hydroxyl groups is 2. The molecule has 0 bridgehead atoms. The van der Waals surface area contributed by atoms with Crippen LogP contribution in [0.25, 0.3) is 0 Å². The molecule has 1 aromatic heterocycles. The zero-order valence-corrected chi connectivity index (χ0v) is 9.33. The summed E-state index contributed by atoms with van der Waals surface area (Å²) in [4.78, 5) is 17.3. The number of aliphatic hydroxyl groups excluding tert-OH is 2. The van der Waals surface area contributed by atoms with Gasteiger partial charge >= 0.3 is 0 Å². The number of nitrogens with zero attached hydrogens (tertiary/aromatic N) is 2. The van der Waals surface area contributed by atoms with Crippen molar-refractivity contribution < 1.29 is 15.0 Å². The number of carbonyl (C=O) groups excluding carboxylic acids is 1. The number of nitrogen functional groups attached to an aromatic ring is 1. The van der Waals surface area contributed by atoms with Gasteiger partial charge in [-0.1, -0.05) is 0 Å². The molecule has 0 unspecified atom stereocenters. The number of amides is 1. The third-order valence-electron chi connectivity index (χ3n) is 2.23. The maximum Gasteiger partial charge on any atom is 0.257 e. The largest absolute Gasteiger partial charge is 0.395 e. The molecule has 5 N–H and O–H groups in total. The van der Waals surface area contributed by atoms with E-state index in [2.05, 4.69) is 10.4 Å². The smallest absolute Gasteiger partial charge is 0.257 e. The molecular formula is C10H16N4O3. The summed E-state index contributed by atoms with van der Waals surface area (Å²) in [6, 6.07) is 1.57. The summed E-state index contributed by atoms with van der Waals surface area (Å²) in [5, 5.41) is 17.7. The van der Waals surface area contributed by atoms with E-state index in [0.717, 1.165) is 0 Å². The van der Waals surface area contributed by atoms with Crippen molar-refractivity contribution in [1.29, 1.82) is 0 Å². The van der Waals surface area contributed by atoms with Gasteiger partial charge in [-0.2, -0.15) is 0 Å². The van der Waals surface area contributed by atoms with Gasteiger partial charge in [0, 0.05) is 25.5 Å². The van der Waals surface area contributed by atoms with Crippen LogP contribution in [-0.4, -0.2) is 52.3 Å². The van der Waals surface area contributed by atoms with Crippen LogP contribution in [0.5, 0.6) is 0 Å². The standard InChI is InChI=1S/C10H16N4O3/c11-13-9-1-2-12-7-8(9)10(17)14(3-5-15)4-6-16/h1-2,7,15-16H,3-6,11H2,(H,12,13). The summed E-state index contributed by atoms with van der Waals surface area (Å²) < 4.78 is 0. The van der Waals surface area contributed by atoms with E-state index in [9.17, 15) is 4.79 Å². The lowest BCUT2D eigenvalue weighted by Gasteiger charge is -2.21.